The summed E-state index contributed by atoms with van der Waals surface area (Å²) < 4.78 is 31.6. The molecule has 0 saturated carbocycles. The first-order valence-electron chi connectivity index (χ1n) is 33.4. The summed E-state index contributed by atoms with van der Waals surface area (Å²) in [5.41, 5.74) is 0.760. The molecular formula is C67H126O9. The molecule has 0 amide bonds. The number of rotatable bonds is 58. The molecule has 1 aromatic carbocycles. The van der Waals surface area contributed by atoms with Gasteiger partial charge in [0.25, 0.3) is 0 Å². The van der Waals surface area contributed by atoms with Gasteiger partial charge < -0.3 is 44.1 Å². The monoisotopic (exact) mass is 1070 g/mol. The number of aliphatic hydroxyl groups excluding tert-OH is 4. The molecule has 1 aliphatic rings. The Labute approximate surface area is 469 Å². The van der Waals surface area contributed by atoms with Crippen molar-refractivity contribution < 1.29 is 44.1 Å². The molecule has 5 atom stereocenters. The maximum Gasteiger partial charge on any atom is 0.203 e. The van der Waals surface area contributed by atoms with Crippen molar-refractivity contribution in [1.82, 2.24) is 0 Å². The van der Waals surface area contributed by atoms with Crippen LogP contribution in [-0.2, 0) is 16.1 Å². The largest absolute Gasteiger partial charge is 0.490 e. The first kappa shape index (κ1) is 70.5. The van der Waals surface area contributed by atoms with Crippen molar-refractivity contribution in [3.05, 3.63) is 17.7 Å². The third-order valence-corrected chi connectivity index (χ3v) is 16.1. The maximum atomic E-state index is 10.7. The average Bonchev–Trinajstić information content (AvgIpc) is 3.43. The van der Waals surface area contributed by atoms with E-state index >= 15 is 0 Å². The van der Waals surface area contributed by atoms with Gasteiger partial charge in [-0.1, -0.05) is 310 Å². The molecule has 1 aliphatic heterocycles. The Bertz CT molecular complexity index is 1300. The van der Waals surface area contributed by atoms with E-state index < -0.39 is 37.3 Å². The van der Waals surface area contributed by atoms with Gasteiger partial charge in [0.1, 0.15) is 24.4 Å². The fraction of sp³-hybridized carbons (Fsp3) is 0.910. The van der Waals surface area contributed by atoms with Gasteiger partial charge in [-0.3, -0.25) is 0 Å². The number of aliphatic hydroxyl groups is 4. The molecule has 0 aromatic heterocycles. The molecule has 1 fully saturated rings. The molecule has 9 heteroatoms. The van der Waals surface area contributed by atoms with Gasteiger partial charge in [0, 0.05) is 0 Å². The molecule has 1 saturated heterocycles. The van der Waals surface area contributed by atoms with Crippen molar-refractivity contribution in [1.29, 1.82) is 0 Å². The second-order valence-corrected chi connectivity index (χ2v) is 23.4. The Kier molecular flexibility index (Phi) is 48.9. The first-order chi connectivity index (χ1) is 37.5. The SMILES string of the molecule is CCCCCCCCCCCCCCCCCCOc1cc(CO[C@@H]2O[C@H](CO)[C@H](O)[C@H](O)[C@H]2O)cc(OCCCCCCCCCCCCCCCCCC)c1OCCCCCCCCCCCCCCCCCC. The van der Waals surface area contributed by atoms with E-state index in [-0.39, 0.29) is 6.61 Å². The quantitative estimate of drug-likeness (QED) is 0.0472. The zero-order valence-corrected chi connectivity index (χ0v) is 50.3. The standard InChI is InChI=1S/C67H126O9/c1-4-7-10-13-16-19-22-25-28-31-34-37-40-43-46-49-52-72-60-55-59(58-75-67-65(71)64(70)63(69)62(57-68)76-67)56-61(73-53-50-47-44-41-38-35-32-29-26-23-20-17-14-11-8-5-2)66(60)74-54-51-48-45-42-39-36-33-30-27-24-21-18-15-12-9-6-3/h55-56,62-65,67-71H,4-54,57-58H2,1-3H3/t62-,63+,64+,65-,67-/m1/s1. The summed E-state index contributed by atoms with van der Waals surface area (Å²) in [5, 5.41) is 41.4. The predicted molar refractivity (Wildman–Crippen MR) is 320 cm³/mol. The molecule has 0 bridgehead atoms. The van der Waals surface area contributed by atoms with E-state index in [4.69, 9.17) is 23.7 Å². The lowest BCUT2D eigenvalue weighted by Gasteiger charge is -2.39. The summed E-state index contributed by atoms with van der Waals surface area (Å²) in [6.07, 6.45) is 56.7. The van der Waals surface area contributed by atoms with Gasteiger partial charge in [0.2, 0.25) is 5.75 Å². The summed E-state index contributed by atoms with van der Waals surface area (Å²) in [5.74, 6) is 1.91. The van der Waals surface area contributed by atoms with Crippen molar-refractivity contribution in [3.8, 4) is 17.2 Å². The van der Waals surface area contributed by atoms with Gasteiger partial charge in [0.05, 0.1) is 33.0 Å². The topological polar surface area (TPSA) is 127 Å². The second kappa shape index (κ2) is 52.7. The van der Waals surface area contributed by atoms with E-state index in [1.807, 2.05) is 12.1 Å². The second-order valence-electron chi connectivity index (χ2n) is 23.4. The third-order valence-electron chi connectivity index (χ3n) is 16.1. The van der Waals surface area contributed by atoms with Crippen LogP contribution in [0, 0.1) is 0 Å². The lowest BCUT2D eigenvalue weighted by Crippen LogP contribution is -2.59. The number of unbranched alkanes of at least 4 members (excludes halogenated alkanes) is 45. The molecule has 4 N–H and O–H groups in total. The molecular weight excluding hydrogens is 949 g/mol. The van der Waals surface area contributed by atoms with Gasteiger partial charge in [0.15, 0.2) is 17.8 Å². The Balaban J connectivity index is 1.95. The molecule has 2 rings (SSSR count). The van der Waals surface area contributed by atoms with E-state index in [1.54, 1.807) is 0 Å². The predicted octanol–water partition coefficient (Wildman–Crippen LogP) is 18.9. The Morgan fingerprint density at radius 1 is 0.342 bits per heavy atom. The zero-order valence-electron chi connectivity index (χ0n) is 50.3. The van der Waals surface area contributed by atoms with Crippen LogP contribution in [0.15, 0.2) is 12.1 Å². The minimum atomic E-state index is -1.51. The van der Waals surface area contributed by atoms with Gasteiger partial charge in [-0.25, -0.2) is 0 Å². The number of ether oxygens (including phenoxy) is 5. The van der Waals surface area contributed by atoms with Crippen molar-refractivity contribution in [2.45, 2.75) is 366 Å². The molecule has 448 valence electrons. The lowest BCUT2D eigenvalue weighted by atomic mass is 9.99. The molecule has 76 heavy (non-hydrogen) atoms. The minimum Gasteiger partial charge on any atom is -0.490 e. The highest BCUT2D eigenvalue weighted by Crippen LogP contribution is 2.40. The smallest absolute Gasteiger partial charge is 0.203 e. The molecule has 0 unspecified atom stereocenters. The maximum absolute atomic E-state index is 10.7. The Hall–Kier alpha value is -1.62. The van der Waals surface area contributed by atoms with Crippen molar-refractivity contribution >= 4 is 0 Å². The highest BCUT2D eigenvalue weighted by Gasteiger charge is 2.44. The number of hydrogen-bond acceptors (Lipinski definition) is 9. The Morgan fingerprint density at radius 3 is 0.882 bits per heavy atom. The third kappa shape index (κ3) is 38.1. The summed E-state index contributed by atoms with van der Waals surface area (Å²) in [4.78, 5) is 0. The van der Waals surface area contributed by atoms with Crippen molar-refractivity contribution in [2.24, 2.45) is 0 Å². The minimum absolute atomic E-state index is 0.0346. The first-order valence-corrected chi connectivity index (χ1v) is 33.4. The van der Waals surface area contributed by atoms with E-state index in [9.17, 15) is 20.4 Å². The van der Waals surface area contributed by atoms with E-state index in [0.29, 0.717) is 37.1 Å². The molecule has 1 aromatic rings. The number of benzene rings is 1. The van der Waals surface area contributed by atoms with E-state index in [0.717, 1.165) is 44.1 Å². The molecule has 0 radical (unpaired) electrons. The van der Waals surface area contributed by atoms with Gasteiger partial charge in [-0.15, -0.1) is 0 Å². The van der Waals surface area contributed by atoms with Crippen LogP contribution in [0.5, 0.6) is 17.2 Å². The van der Waals surface area contributed by atoms with Crippen LogP contribution in [-0.4, -0.2) is 77.6 Å². The summed E-state index contributed by atoms with van der Waals surface area (Å²) >= 11 is 0. The molecule has 1 heterocycles. The molecule has 9 nitrogen and oxygen atoms in total. The van der Waals surface area contributed by atoms with Crippen molar-refractivity contribution in [3.63, 3.8) is 0 Å². The summed E-state index contributed by atoms with van der Waals surface area (Å²) in [7, 11) is 0. The number of hydrogen-bond donors (Lipinski definition) is 4. The van der Waals surface area contributed by atoms with Crippen LogP contribution in [0.25, 0.3) is 0 Å². The highest BCUT2D eigenvalue weighted by atomic mass is 16.7. The van der Waals surface area contributed by atoms with E-state index in [2.05, 4.69) is 20.8 Å². The fourth-order valence-electron chi connectivity index (χ4n) is 10.9. The fourth-order valence-corrected chi connectivity index (χ4v) is 10.9. The van der Waals surface area contributed by atoms with Crippen molar-refractivity contribution in [2.75, 3.05) is 26.4 Å². The van der Waals surface area contributed by atoms with Gasteiger partial charge in [-0.05, 0) is 37.0 Å². The van der Waals surface area contributed by atoms with Gasteiger partial charge >= 0.3 is 0 Å². The van der Waals surface area contributed by atoms with Crippen LogP contribution in [0.3, 0.4) is 0 Å². The Morgan fingerprint density at radius 2 is 0.605 bits per heavy atom. The van der Waals surface area contributed by atoms with Crippen LogP contribution >= 0.6 is 0 Å². The van der Waals surface area contributed by atoms with Crippen LogP contribution in [0.4, 0.5) is 0 Å². The summed E-state index contributed by atoms with van der Waals surface area (Å²) in [6, 6.07) is 3.89. The molecule has 0 spiro atoms. The highest BCUT2D eigenvalue weighted by molar-refractivity contribution is 5.54. The van der Waals surface area contributed by atoms with Gasteiger partial charge in [-0.2, -0.15) is 0 Å². The van der Waals surface area contributed by atoms with Crippen LogP contribution in [0.1, 0.15) is 335 Å². The van der Waals surface area contributed by atoms with E-state index in [1.165, 1.54) is 270 Å². The van der Waals surface area contributed by atoms with Crippen LogP contribution < -0.4 is 14.2 Å². The van der Waals surface area contributed by atoms with Crippen LogP contribution in [0.2, 0.25) is 0 Å². The summed E-state index contributed by atoms with van der Waals surface area (Å²) in [6.45, 7) is 8.12. The average molecular weight is 1080 g/mol. The lowest BCUT2D eigenvalue weighted by molar-refractivity contribution is -0.304. The molecule has 0 aliphatic carbocycles. The normalized spacial score (nSPS) is 17.7. The zero-order chi connectivity index (χ0) is 54.6.